The van der Waals surface area contributed by atoms with Crippen LogP contribution in [-0.4, -0.2) is 42.6 Å². The van der Waals surface area contributed by atoms with Crippen LogP contribution >= 0.6 is 0 Å². The Hall–Kier alpha value is -2.81. The third-order valence-corrected chi connectivity index (χ3v) is 4.93. The molecule has 0 saturated heterocycles. The van der Waals surface area contributed by atoms with Crippen molar-refractivity contribution in [3.8, 4) is 17.0 Å². The molecule has 1 aliphatic carbocycles. The second-order valence-electron chi connectivity index (χ2n) is 7.12. The van der Waals surface area contributed by atoms with E-state index in [1.807, 2.05) is 10.9 Å². The molecule has 0 spiro atoms. The van der Waals surface area contributed by atoms with Gasteiger partial charge in [0.2, 0.25) is 0 Å². The summed E-state index contributed by atoms with van der Waals surface area (Å²) in [6, 6.07) is 2.51. The van der Waals surface area contributed by atoms with Crippen molar-refractivity contribution in [3.05, 3.63) is 47.9 Å². The lowest BCUT2D eigenvalue weighted by Crippen LogP contribution is -2.24. The summed E-state index contributed by atoms with van der Waals surface area (Å²) in [6.45, 7) is 1.49. The van der Waals surface area contributed by atoms with Gasteiger partial charge in [-0.25, -0.2) is 13.5 Å². The molecule has 0 radical (unpaired) electrons. The molecule has 0 aliphatic heterocycles. The van der Waals surface area contributed by atoms with Crippen molar-refractivity contribution in [1.82, 2.24) is 24.8 Å². The molecule has 7 nitrogen and oxygen atoms in total. The van der Waals surface area contributed by atoms with Gasteiger partial charge in [-0.2, -0.15) is 5.10 Å². The maximum Gasteiger partial charge on any atom is 0.167 e. The highest BCUT2D eigenvalue weighted by molar-refractivity contribution is 5.55. The average Bonchev–Trinajstić information content (AvgIpc) is 3.25. The Labute approximate surface area is 160 Å². The first kappa shape index (κ1) is 18.5. The van der Waals surface area contributed by atoms with Crippen molar-refractivity contribution in [2.75, 3.05) is 6.61 Å². The van der Waals surface area contributed by atoms with Crippen molar-refractivity contribution in [3.63, 3.8) is 0 Å². The molecule has 9 heteroatoms. The van der Waals surface area contributed by atoms with Gasteiger partial charge in [-0.3, -0.25) is 4.68 Å². The predicted octanol–water partition coefficient (Wildman–Crippen LogP) is 2.89. The predicted molar refractivity (Wildman–Crippen MR) is 96.7 cm³/mol. The van der Waals surface area contributed by atoms with Crippen molar-refractivity contribution in [2.24, 2.45) is 0 Å². The van der Waals surface area contributed by atoms with Gasteiger partial charge >= 0.3 is 0 Å². The van der Waals surface area contributed by atoms with Crippen LogP contribution in [0.4, 0.5) is 8.78 Å². The fourth-order valence-corrected chi connectivity index (χ4v) is 3.04. The second-order valence-corrected chi connectivity index (χ2v) is 7.12. The van der Waals surface area contributed by atoms with Crippen LogP contribution in [0.3, 0.4) is 0 Å². The van der Waals surface area contributed by atoms with E-state index in [1.54, 1.807) is 12.4 Å². The van der Waals surface area contributed by atoms with Crippen molar-refractivity contribution in [1.29, 1.82) is 0 Å². The zero-order valence-corrected chi connectivity index (χ0v) is 15.4. The molecule has 3 aromatic rings. The highest BCUT2D eigenvalue weighted by Gasteiger charge is 2.21. The normalized spacial score (nSPS) is 15.4. The van der Waals surface area contributed by atoms with E-state index in [2.05, 4.69) is 15.4 Å². The number of halogens is 2. The van der Waals surface area contributed by atoms with Crippen LogP contribution in [0, 0.1) is 18.6 Å². The zero-order chi connectivity index (χ0) is 19.7. The fourth-order valence-electron chi connectivity index (χ4n) is 3.04. The Morgan fingerprint density at radius 3 is 2.82 bits per heavy atom. The van der Waals surface area contributed by atoms with Crippen LogP contribution in [0.25, 0.3) is 11.3 Å². The van der Waals surface area contributed by atoms with E-state index in [1.165, 1.54) is 24.1 Å². The molecule has 1 atom stereocenters. The number of rotatable bonds is 7. The summed E-state index contributed by atoms with van der Waals surface area (Å²) >= 11 is 0. The van der Waals surface area contributed by atoms with Crippen LogP contribution in [0.1, 0.15) is 30.9 Å². The topological polar surface area (TPSA) is 78.0 Å². The van der Waals surface area contributed by atoms with Crippen LogP contribution in [-0.2, 0) is 6.54 Å². The summed E-state index contributed by atoms with van der Waals surface area (Å²) < 4.78 is 35.7. The van der Waals surface area contributed by atoms with Gasteiger partial charge in [0.1, 0.15) is 24.2 Å². The quantitative estimate of drug-likeness (QED) is 0.672. The first-order valence-corrected chi connectivity index (χ1v) is 9.21. The molecule has 1 aromatic carbocycles. The van der Waals surface area contributed by atoms with Gasteiger partial charge in [0.15, 0.2) is 11.6 Å². The first-order chi connectivity index (χ1) is 13.5. The van der Waals surface area contributed by atoms with E-state index in [-0.39, 0.29) is 24.5 Å². The van der Waals surface area contributed by atoms with Crippen LogP contribution < -0.4 is 4.74 Å². The average molecular weight is 389 g/mol. The molecular formula is C19H21F2N5O2. The maximum absolute atomic E-state index is 13.7. The SMILES string of the molecule is Cc1cc(OCC(O)Cn2cc(-c3cnn(C4CCC4)c3)nn2)c(F)cc1F. The minimum Gasteiger partial charge on any atom is -0.488 e. The maximum atomic E-state index is 13.7. The van der Waals surface area contributed by atoms with Gasteiger partial charge < -0.3 is 9.84 Å². The minimum atomic E-state index is -0.933. The number of nitrogens with zero attached hydrogens (tertiary/aromatic N) is 5. The molecule has 28 heavy (non-hydrogen) atoms. The molecular weight excluding hydrogens is 368 g/mol. The van der Waals surface area contributed by atoms with Crippen LogP contribution in [0.5, 0.6) is 5.75 Å². The molecule has 1 unspecified atom stereocenters. The van der Waals surface area contributed by atoms with Crippen molar-refractivity contribution >= 4 is 0 Å². The molecule has 1 saturated carbocycles. The van der Waals surface area contributed by atoms with E-state index in [9.17, 15) is 13.9 Å². The molecule has 1 fully saturated rings. The number of aryl methyl sites for hydroxylation is 1. The molecule has 0 bridgehead atoms. The number of aliphatic hydroxyl groups excluding tert-OH is 1. The molecule has 148 valence electrons. The number of aromatic nitrogens is 5. The first-order valence-electron chi connectivity index (χ1n) is 9.21. The number of benzene rings is 1. The van der Waals surface area contributed by atoms with Gasteiger partial charge in [0.05, 0.1) is 25.0 Å². The van der Waals surface area contributed by atoms with Gasteiger partial charge in [-0.05, 0) is 37.8 Å². The Kier molecular flexibility index (Phi) is 5.08. The number of hydrogen-bond donors (Lipinski definition) is 1. The number of aliphatic hydroxyl groups is 1. The summed E-state index contributed by atoms with van der Waals surface area (Å²) in [4.78, 5) is 0. The zero-order valence-electron chi connectivity index (χ0n) is 15.4. The fraction of sp³-hybridized carbons (Fsp3) is 0.421. The Morgan fingerprint density at radius 2 is 2.07 bits per heavy atom. The smallest absolute Gasteiger partial charge is 0.167 e. The highest BCUT2D eigenvalue weighted by atomic mass is 19.1. The van der Waals surface area contributed by atoms with Gasteiger partial charge in [0, 0.05) is 17.8 Å². The summed E-state index contributed by atoms with van der Waals surface area (Å²) in [5, 5.41) is 22.7. The molecule has 2 aromatic heterocycles. The third-order valence-electron chi connectivity index (χ3n) is 4.93. The van der Waals surface area contributed by atoms with Gasteiger partial charge in [0.25, 0.3) is 0 Å². The van der Waals surface area contributed by atoms with E-state index < -0.39 is 17.7 Å². The number of hydrogen-bond acceptors (Lipinski definition) is 5. The summed E-state index contributed by atoms with van der Waals surface area (Å²) in [5.74, 6) is -1.54. The Bertz CT molecular complexity index is 967. The van der Waals surface area contributed by atoms with E-state index >= 15 is 0 Å². The molecule has 1 aliphatic rings. The second kappa shape index (κ2) is 7.67. The van der Waals surface area contributed by atoms with Crippen molar-refractivity contribution in [2.45, 2.75) is 44.9 Å². The lowest BCUT2D eigenvalue weighted by Gasteiger charge is -2.25. The molecule has 4 rings (SSSR count). The van der Waals surface area contributed by atoms with Gasteiger partial charge in [-0.1, -0.05) is 5.21 Å². The van der Waals surface area contributed by atoms with Gasteiger partial charge in [-0.15, -0.1) is 5.10 Å². The minimum absolute atomic E-state index is 0.0966. The standard InChI is InChI=1S/C19H21F2N5O2/c1-12-5-19(17(21)6-16(12)20)28-11-15(27)9-25-10-18(23-24-25)13-7-22-26(8-13)14-3-2-4-14/h5-8,10,14-15,27H,2-4,9,11H2,1H3. The largest absolute Gasteiger partial charge is 0.488 e. The van der Waals surface area contributed by atoms with E-state index in [0.29, 0.717) is 11.7 Å². The summed E-state index contributed by atoms with van der Waals surface area (Å²) in [6.07, 6.45) is 8.02. The lowest BCUT2D eigenvalue weighted by atomic mass is 9.93. The van der Waals surface area contributed by atoms with E-state index in [0.717, 1.165) is 24.5 Å². The monoisotopic (exact) mass is 389 g/mol. The Morgan fingerprint density at radius 1 is 1.25 bits per heavy atom. The molecule has 0 amide bonds. The van der Waals surface area contributed by atoms with Crippen LogP contribution in [0.15, 0.2) is 30.7 Å². The summed E-state index contributed by atoms with van der Waals surface area (Å²) in [7, 11) is 0. The third kappa shape index (κ3) is 3.89. The lowest BCUT2D eigenvalue weighted by molar-refractivity contribution is 0.0868. The molecule has 2 heterocycles. The Balaban J connectivity index is 1.34. The molecule has 1 N–H and O–H groups in total. The highest BCUT2D eigenvalue weighted by Crippen LogP contribution is 2.31. The van der Waals surface area contributed by atoms with Crippen LogP contribution in [0.2, 0.25) is 0 Å². The van der Waals surface area contributed by atoms with E-state index in [4.69, 9.17) is 4.74 Å². The van der Waals surface area contributed by atoms with Crippen molar-refractivity contribution < 1.29 is 18.6 Å². The summed E-state index contributed by atoms with van der Waals surface area (Å²) in [5.41, 5.74) is 1.81. The number of ether oxygens (including phenoxy) is 1.